The molecule has 2 heterocycles. The zero-order valence-electron chi connectivity index (χ0n) is 10.1. The van der Waals surface area contributed by atoms with Crippen molar-refractivity contribution in [2.24, 2.45) is 7.05 Å². The molecule has 0 aliphatic carbocycles. The van der Waals surface area contributed by atoms with Crippen molar-refractivity contribution in [2.45, 2.75) is 6.42 Å². The number of hydrogen-bond acceptors (Lipinski definition) is 5. The fourth-order valence-corrected chi connectivity index (χ4v) is 2.87. The van der Waals surface area contributed by atoms with E-state index in [2.05, 4.69) is 5.10 Å². The van der Waals surface area contributed by atoms with Gasteiger partial charge in [0.25, 0.3) is 5.91 Å². The smallest absolute Gasteiger partial charge is 0.305 e. The van der Waals surface area contributed by atoms with Gasteiger partial charge in [-0.25, -0.2) is 0 Å². The summed E-state index contributed by atoms with van der Waals surface area (Å²) in [5, 5.41) is 12.6. The van der Waals surface area contributed by atoms with Crippen molar-refractivity contribution in [3.8, 4) is 0 Å². The molecule has 0 radical (unpaired) electrons. The molecule has 1 amide bonds. The number of aryl methyl sites for hydroxylation is 1. The molecule has 0 bridgehead atoms. The van der Waals surface area contributed by atoms with Crippen molar-refractivity contribution in [3.05, 3.63) is 22.9 Å². The van der Waals surface area contributed by atoms with E-state index in [9.17, 15) is 9.59 Å². The van der Waals surface area contributed by atoms with Crippen molar-refractivity contribution in [3.63, 3.8) is 0 Å². The van der Waals surface area contributed by atoms with E-state index >= 15 is 0 Å². The fourth-order valence-electron chi connectivity index (χ4n) is 1.57. The summed E-state index contributed by atoms with van der Waals surface area (Å²) >= 11 is 6.26. The molecule has 0 unspecified atom stereocenters. The van der Waals surface area contributed by atoms with Crippen LogP contribution in [0.1, 0.15) is 12.0 Å². The Morgan fingerprint density at radius 1 is 1.63 bits per heavy atom. The van der Waals surface area contributed by atoms with Crippen molar-refractivity contribution < 1.29 is 14.7 Å². The maximum absolute atomic E-state index is 12.1. The quantitative estimate of drug-likeness (QED) is 0.662. The first-order valence-corrected chi connectivity index (χ1v) is 6.65. The Bertz CT molecular complexity index is 579. The fraction of sp³-hybridized carbons (Fsp3) is 0.273. The molecule has 1 fully saturated rings. The number of carbonyl (C=O) groups is 2. The highest BCUT2D eigenvalue weighted by Gasteiger charge is 2.32. The molecule has 0 aromatic carbocycles. The molecular weight excluding hydrogens is 286 g/mol. The molecular formula is C11H11N3O3S2. The summed E-state index contributed by atoms with van der Waals surface area (Å²) in [6.45, 7) is 0.102. The van der Waals surface area contributed by atoms with E-state index in [1.807, 2.05) is 0 Å². The lowest BCUT2D eigenvalue weighted by Gasteiger charge is -2.12. The maximum Gasteiger partial charge on any atom is 0.305 e. The number of thioether (sulfide) groups is 1. The zero-order chi connectivity index (χ0) is 14.0. The summed E-state index contributed by atoms with van der Waals surface area (Å²) in [7, 11) is 1.79. The van der Waals surface area contributed by atoms with E-state index in [1.165, 1.54) is 16.7 Å². The van der Waals surface area contributed by atoms with Crippen LogP contribution in [0.2, 0.25) is 0 Å². The van der Waals surface area contributed by atoms with E-state index in [0.717, 1.165) is 5.56 Å². The second-order valence-corrected chi connectivity index (χ2v) is 5.60. The van der Waals surface area contributed by atoms with Crippen LogP contribution in [0.25, 0.3) is 6.08 Å². The van der Waals surface area contributed by atoms with Gasteiger partial charge in [0.15, 0.2) is 0 Å². The largest absolute Gasteiger partial charge is 0.481 e. The van der Waals surface area contributed by atoms with Crippen molar-refractivity contribution in [1.29, 1.82) is 0 Å². The van der Waals surface area contributed by atoms with Gasteiger partial charge in [0.1, 0.15) is 4.32 Å². The number of thiocarbonyl (C=S) groups is 1. The minimum Gasteiger partial charge on any atom is -0.481 e. The third-order valence-corrected chi connectivity index (χ3v) is 3.82. The highest BCUT2D eigenvalue weighted by Crippen LogP contribution is 2.32. The lowest BCUT2D eigenvalue weighted by atomic mass is 10.3. The third-order valence-electron chi connectivity index (χ3n) is 2.45. The first-order chi connectivity index (χ1) is 8.97. The number of carboxylic acids is 1. The highest BCUT2D eigenvalue weighted by molar-refractivity contribution is 8.26. The van der Waals surface area contributed by atoms with Crippen LogP contribution in [0, 0.1) is 0 Å². The first kappa shape index (κ1) is 13.8. The minimum atomic E-state index is -0.953. The zero-order valence-corrected chi connectivity index (χ0v) is 11.7. The van der Waals surface area contributed by atoms with E-state index in [0.29, 0.717) is 9.23 Å². The van der Waals surface area contributed by atoms with Gasteiger partial charge < -0.3 is 5.11 Å². The van der Waals surface area contributed by atoms with E-state index in [-0.39, 0.29) is 18.9 Å². The van der Waals surface area contributed by atoms with E-state index < -0.39 is 5.97 Å². The van der Waals surface area contributed by atoms with Crippen LogP contribution in [-0.2, 0) is 16.6 Å². The third kappa shape index (κ3) is 3.21. The molecule has 1 aromatic heterocycles. The molecule has 100 valence electrons. The SMILES string of the molecule is Cn1cc(C=C2SC(=S)N(CCC(=O)O)C2=O)cn1. The molecule has 1 aliphatic rings. The summed E-state index contributed by atoms with van der Waals surface area (Å²) in [6.07, 6.45) is 5.01. The number of carbonyl (C=O) groups excluding carboxylic acids is 1. The second kappa shape index (κ2) is 5.54. The second-order valence-electron chi connectivity index (χ2n) is 3.92. The number of hydrogen-bond donors (Lipinski definition) is 1. The van der Waals surface area contributed by atoms with Gasteiger partial charge in [0, 0.05) is 25.4 Å². The topological polar surface area (TPSA) is 75.4 Å². The number of aliphatic carboxylic acids is 1. The molecule has 1 N–H and O–H groups in total. The van der Waals surface area contributed by atoms with Crippen molar-refractivity contribution >= 4 is 46.3 Å². The van der Waals surface area contributed by atoms with Crippen molar-refractivity contribution in [1.82, 2.24) is 14.7 Å². The molecule has 2 rings (SSSR count). The Morgan fingerprint density at radius 2 is 2.37 bits per heavy atom. The molecule has 0 atom stereocenters. The van der Waals surface area contributed by atoms with E-state index in [4.69, 9.17) is 17.3 Å². The Labute approximate surface area is 119 Å². The summed E-state index contributed by atoms with van der Waals surface area (Å²) in [4.78, 5) is 24.4. The van der Waals surface area contributed by atoms with Gasteiger partial charge in [-0.1, -0.05) is 24.0 Å². The summed E-state index contributed by atoms with van der Waals surface area (Å²) < 4.78 is 2.03. The van der Waals surface area contributed by atoms with Crippen molar-refractivity contribution in [2.75, 3.05) is 6.54 Å². The Morgan fingerprint density at radius 3 is 2.95 bits per heavy atom. The predicted molar refractivity (Wildman–Crippen MR) is 75.3 cm³/mol. The highest BCUT2D eigenvalue weighted by atomic mass is 32.2. The Hall–Kier alpha value is -1.67. The van der Waals surface area contributed by atoms with Gasteiger partial charge in [0.2, 0.25) is 0 Å². The van der Waals surface area contributed by atoms with Gasteiger partial charge in [-0.3, -0.25) is 19.2 Å². The van der Waals surface area contributed by atoms with Crippen LogP contribution < -0.4 is 0 Å². The lowest BCUT2D eigenvalue weighted by molar-refractivity contribution is -0.137. The number of amides is 1. The molecule has 0 saturated carbocycles. The Kier molecular flexibility index (Phi) is 4.01. The van der Waals surface area contributed by atoms with Crippen LogP contribution in [0.4, 0.5) is 0 Å². The van der Waals surface area contributed by atoms with Crippen LogP contribution in [0.15, 0.2) is 17.3 Å². The van der Waals surface area contributed by atoms with Crippen LogP contribution >= 0.6 is 24.0 Å². The van der Waals surface area contributed by atoms with Crippen LogP contribution in [-0.4, -0.2) is 42.5 Å². The molecule has 19 heavy (non-hydrogen) atoms. The molecule has 1 aromatic rings. The predicted octanol–water partition coefficient (Wildman–Crippen LogP) is 1.10. The average molecular weight is 297 g/mol. The van der Waals surface area contributed by atoms with Gasteiger partial charge in [-0.15, -0.1) is 0 Å². The van der Waals surface area contributed by atoms with Gasteiger partial charge in [0.05, 0.1) is 17.5 Å². The molecule has 1 aliphatic heterocycles. The minimum absolute atomic E-state index is 0.102. The number of nitrogens with zero attached hydrogens (tertiary/aromatic N) is 3. The van der Waals surface area contributed by atoms with E-state index in [1.54, 1.807) is 30.2 Å². The Balaban J connectivity index is 2.13. The first-order valence-electron chi connectivity index (χ1n) is 5.43. The van der Waals surface area contributed by atoms with Crippen LogP contribution in [0.3, 0.4) is 0 Å². The lowest BCUT2D eigenvalue weighted by Crippen LogP contribution is -2.30. The molecule has 8 heteroatoms. The standard InChI is InChI=1S/C11H11N3O3S2/c1-13-6-7(5-12-13)4-8-10(17)14(11(18)19-8)3-2-9(15)16/h4-6H,2-3H2,1H3,(H,15,16). The van der Waals surface area contributed by atoms with Gasteiger partial charge in [-0.05, 0) is 6.08 Å². The average Bonchev–Trinajstić information content (AvgIpc) is 2.83. The maximum atomic E-state index is 12.1. The number of carboxylic acid groups (broad SMARTS) is 1. The van der Waals surface area contributed by atoms with Gasteiger partial charge >= 0.3 is 5.97 Å². The summed E-state index contributed by atoms with van der Waals surface area (Å²) in [6, 6.07) is 0. The summed E-state index contributed by atoms with van der Waals surface area (Å²) in [5.41, 5.74) is 0.807. The number of rotatable bonds is 4. The monoisotopic (exact) mass is 297 g/mol. The molecule has 1 saturated heterocycles. The normalized spacial score (nSPS) is 17.5. The van der Waals surface area contributed by atoms with Crippen LogP contribution in [0.5, 0.6) is 0 Å². The summed E-state index contributed by atoms with van der Waals surface area (Å²) in [5.74, 6) is -1.20. The molecule has 6 nitrogen and oxygen atoms in total. The number of aromatic nitrogens is 2. The molecule has 0 spiro atoms. The van der Waals surface area contributed by atoms with Gasteiger partial charge in [-0.2, -0.15) is 5.10 Å².